The van der Waals surface area contributed by atoms with E-state index in [-0.39, 0.29) is 27.1 Å². The molecule has 0 saturated carbocycles. The summed E-state index contributed by atoms with van der Waals surface area (Å²) in [5, 5.41) is 0. The third-order valence-electron chi connectivity index (χ3n) is 1.80. The SMILES string of the molecule is C#CC#CC#CC#CC#CC#CC#CC#CC#CC#COC(=O)CC(=O)OC.[HH].[HH].[HH].[HH].[HH].[HH].[HH].[HH].[HH].[HH].[HH].[HH].[HH].[HH].[HH].[HH].[HH].[HH].[HH]. The monoisotopic (exact) mass is 396 g/mol. The Bertz CT molecular complexity index is 1280. The molecule has 0 aliphatic heterocycles. The van der Waals surface area contributed by atoms with E-state index < -0.39 is 18.4 Å². The Balaban J connectivity index is -0.0000000213. The van der Waals surface area contributed by atoms with Crippen molar-refractivity contribution in [3.8, 4) is 119 Å². The second kappa shape index (κ2) is 17.9. The fraction of sp³-hybridized carbons (Fsp3) is 0.0833. The van der Waals surface area contributed by atoms with E-state index in [1.165, 1.54) is 0 Å². The Labute approximate surface area is 192 Å². The van der Waals surface area contributed by atoms with Gasteiger partial charge in [-0.15, -0.1) is 6.42 Å². The van der Waals surface area contributed by atoms with E-state index in [1.807, 2.05) is 6.11 Å². The maximum absolute atomic E-state index is 11.0. The number of methoxy groups -OCH3 is 1. The van der Waals surface area contributed by atoms with Gasteiger partial charge in [-0.05, 0) is 47.4 Å². The van der Waals surface area contributed by atoms with Crippen LogP contribution in [0.2, 0.25) is 0 Å². The van der Waals surface area contributed by atoms with Crippen LogP contribution in [0.1, 0.15) is 33.5 Å². The number of hydrogen-bond acceptors (Lipinski definition) is 4. The van der Waals surface area contributed by atoms with Gasteiger partial charge < -0.3 is 9.47 Å². The Morgan fingerprint density at radius 3 is 1.36 bits per heavy atom. The lowest BCUT2D eigenvalue weighted by Crippen LogP contribution is -2.09. The second-order valence-electron chi connectivity index (χ2n) is 3.60. The fourth-order valence-corrected chi connectivity index (χ4v) is 0.839. The van der Waals surface area contributed by atoms with Crippen LogP contribution in [-0.2, 0) is 19.1 Å². The molecule has 0 aliphatic carbocycles. The molecule has 0 unspecified atom stereocenters. The van der Waals surface area contributed by atoms with Crippen molar-refractivity contribution in [3.05, 3.63) is 0 Å². The quantitative estimate of drug-likeness (QED) is 0.395. The molecule has 0 aromatic rings. The van der Waals surface area contributed by atoms with Crippen molar-refractivity contribution < 1.29 is 46.2 Å². The highest BCUT2D eigenvalue weighted by Crippen LogP contribution is 1.87. The fourth-order valence-electron chi connectivity index (χ4n) is 0.839. The number of rotatable bonds is 2. The zero-order valence-electron chi connectivity index (χ0n) is 14.4. The Hall–Kier alpha value is -5.46. The van der Waals surface area contributed by atoms with Gasteiger partial charge in [-0.2, -0.15) is 0 Å². The smallest absolute Gasteiger partial charge is 0.331 e. The molecule has 4 heteroatoms. The zero-order chi connectivity index (χ0) is 20.7. The highest BCUT2D eigenvalue weighted by atomic mass is 16.5. The summed E-state index contributed by atoms with van der Waals surface area (Å²) in [6.07, 6.45) is 6.39. The van der Waals surface area contributed by atoms with Crippen LogP contribution >= 0.6 is 0 Å². The lowest BCUT2D eigenvalue weighted by molar-refractivity contribution is -0.149. The molecule has 0 saturated heterocycles. The Morgan fingerprint density at radius 1 is 0.643 bits per heavy atom. The van der Waals surface area contributed by atoms with Crippen molar-refractivity contribution >= 4 is 11.9 Å². The minimum Gasteiger partial charge on any atom is -0.469 e. The van der Waals surface area contributed by atoms with Gasteiger partial charge in [0.05, 0.1) is 7.11 Å². The first kappa shape index (κ1) is 22.5. The molecule has 0 spiro atoms. The predicted molar refractivity (Wildman–Crippen MR) is 142 cm³/mol. The van der Waals surface area contributed by atoms with E-state index in [4.69, 9.17) is 6.42 Å². The maximum Gasteiger partial charge on any atom is 0.331 e. The van der Waals surface area contributed by atoms with Crippen LogP contribution in [0.3, 0.4) is 0 Å². The third-order valence-corrected chi connectivity index (χ3v) is 1.80. The molecule has 0 radical (unpaired) electrons. The Morgan fingerprint density at radius 2 is 1.00 bits per heavy atom. The number of ether oxygens (including phenoxy) is 2. The number of carbonyl (C=O) groups is 2. The van der Waals surface area contributed by atoms with Crippen molar-refractivity contribution in [2.45, 2.75) is 6.42 Å². The molecule has 0 N–H and O–H groups in total. The normalized spacial score (nSPS) is 5.29. The van der Waals surface area contributed by atoms with Crippen LogP contribution in [-0.4, -0.2) is 19.0 Å². The summed E-state index contributed by atoms with van der Waals surface area (Å²) in [5.41, 5.74) is 0. The molecule has 0 bridgehead atoms. The summed E-state index contributed by atoms with van der Waals surface area (Å²) < 4.78 is 8.68. The molecular weight excluding hydrogens is 352 g/mol. The van der Waals surface area contributed by atoms with E-state index >= 15 is 0 Å². The molecule has 0 amide bonds. The van der Waals surface area contributed by atoms with E-state index in [9.17, 15) is 9.59 Å². The summed E-state index contributed by atoms with van der Waals surface area (Å²) >= 11 is 0. The second-order valence-corrected chi connectivity index (χ2v) is 3.60. The lowest BCUT2D eigenvalue weighted by Gasteiger charge is -1.94. The van der Waals surface area contributed by atoms with Gasteiger partial charge >= 0.3 is 11.9 Å². The van der Waals surface area contributed by atoms with Gasteiger partial charge in [0.25, 0.3) is 0 Å². The zero-order valence-corrected chi connectivity index (χ0v) is 14.4. The van der Waals surface area contributed by atoms with Gasteiger partial charge in [0.15, 0.2) is 0 Å². The van der Waals surface area contributed by atoms with E-state index in [1.54, 1.807) is 0 Å². The van der Waals surface area contributed by atoms with Gasteiger partial charge in [0.1, 0.15) is 12.5 Å². The van der Waals surface area contributed by atoms with Gasteiger partial charge in [-0.3, -0.25) is 9.59 Å². The average molecular weight is 397 g/mol. The first-order valence-electron chi connectivity index (χ1n) is 6.92. The molecular formula is C24H44O4. The first-order chi connectivity index (χ1) is 13.7. The molecule has 0 aromatic carbocycles. The third kappa shape index (κ3) is 16.9. The molecule has 0 aliphatic rings. The number of carbonyl (C=O) groups excluding carboxylic acids is 2. The highest BCUT2D eigenvalue weighted by Gasteiger charge is 2.09. The van der Waals surface area contributed by atoms with E-state index in [0.717, 1.165) is 7.11 Å². The van der Waals surface area contributed by atoms with Crippen molar-refractivity contribution in [2.75, 3.05) is 7.11 Å². The highest BCUT2D eigenvalue weighted by molar-refractivity contribution is 5.91. The number of terminal acetylenes is 1. The largest absolute Gasteiger partial charge is 0.469 e. The van der Waals surface area contributed by atoms with Gasteiger partial charge in [0, 0.05) is 86.3 Å². The van der Waals surface area contributed by atoms with Crippen molar-refractivity contribution in [1.29, 1.82) is 0 Å². The maximum atomic E-state index is 11.0. The molecule has 0 fully saturated rings. The first-order valence-corrected chi connectivity index (χ1v) is 6.92. The van der Waals surface area contributed by atoms with Crippen LogP contribution in [0.25, 0.3) is 0 Å². The minimum atomic E-state index is -0.840. The number of hydrogen-bond donors (Lipinski definition) is 0. The van der Waals surface area contributed by atoms with Crippen molar-refractivity contribution in [3.63, 3.8) is 0 Å². The van der Waals surface area contributed by atoms with Gasteiger partial charge in [-0.1, -0.05) is 0 Å². The molecule has 0 atom stereocenters. The molecule has 0 aromatic heterocycles. The Kier molecular flexibility index (Phi) is 14.4. The van der Waals surface area contributed by atoms with Crippen molar-refractivity contribution in [2.24, 2.45) is 0 Å². The molecule has 0 rings (SSSR count). The molecule has 4 nitrogen and oxygen atoms in total. The van der Waals surface area contributed by atoms with Gasteiger partial charge in [0.2, 0.25) is 0 Å². The van der Waals surface area contributed by atoms with Crippen molar-refractivity contribution in [1.82, 2.24) is 0 Å². The molecule has 0 heterocycles. The standard InChI is InChI=1S/C24H6O4.19H2/c1-3-4-5-6-7-8-9-10-11-12-13-14-15-16-17-18-19-20-21-28-24(26)22-23(25)27-2;;;;;;;;;;;;;;;;;;;/h1H,22H2,2H3;19*1H. The van der Waals surface area contributed by atoms with E-state index in [0.29, 0.717) is 0 Å². The summed E-state index contributed by atoms with van der Waals surface area (Å²) in [6.45, 7) is 0. The lowest BCUT2D eigenvalue weighted by atomic mass is 10.4. The van der Waals surface area contributed by atoms with Crippen LogP contribution in [0, 0.1) is 119 Å². The topological polar surface area (TPSA) is 52.6 Å². The average Bonchev–Trinajstić information content (AvgIpc) is 2.69. The molecule has 28 heavy (non-hydrogen) atoms. The van der Waals surface area contributed by atoms with Crippen LogP contribution < -0.4 is 0 Å². The summed E-state index contributed by atoms with van der Waals surface area (Å²) in [7, 11) is 1.15. The summed E-state index contributed by atoms with van der Waals surface area (Å²) in [5.74, 6) is 41.3. The predicted octanol–water partition coefficient (Wildman–Crippen LogP) is 4.39. The van der Waals surface area contributed by atoms with E-state index in [2.05, 4.69) is 116 Å². The summed E-state index contributed by atoms with van der Waals surface area (Å²) in [4.78, 5) is 21.8. The van der Waals surface area contributed by atoms with Crippen LogP contribution in [0.4, 0.5) is 0 Å². The van der Waals surface area contributed by atoms with Crippen LogP contribution in [0.15, 0.2) is 0 Å². The van der Waals surface area contributed by atoms with Crippen LogP contribution in [0.5, 0.6) is 0 Å². The molecule has 164 valence electrons. The number of esters is 2. The minimum absolute atomic E-state index is 0. The summed E-state index contributed by atoms with van der Waals surface area (Å²) in [6, 6.07) is 0. The van der Waals surface area contributed by atoms with Gasteiger partial charge in [-0.25, -0.2) is 0 Å².